The zero-order chi connectivity index (χ0) is 13.9. The van der Waals surface area contributed by atoms with Crippen molar-refractivity contribution in [1.29, 1.82) is 0 Å². The van der Waals surface area contributed by atoms with Gasteiger partial charge in [-0.15, -0.1) is 0 Å². The molecule has 2 N–H and O–H groups in total. The predicted octanol–water partition coefficient (Wildman–Crippen LogP) is 2.60. The van der Waals surface area contributed by atoms with Crippen molar-refractivity contribution in [3.05, 3.63) is 17.7 Å². The summed E-state index contributed by atoms with van der Waals surface area (Å²) in [6.07, 6.45) is -5.12. The van der Waals surface area contributed by atoms with Gasteiger partial charge in [0, 0.05) is 24.6 Å². The zero-order valence-electron chi connectivity index (χ0n) is 10.1. The van der Waals surface area contributed by atoms with Crippen molar-refractivity contribution >= 4 is 0 Å². The van der Waals surface area contributed by atoms with Gasteiger partial charge in [-0.1, -0.05) is 0 Å². The highest BCUT2D eigenvalue weighted by molar-refractivity contribution is 5.51. The van der Waals surface area contributed by atoms with Crippen LogP contribution < -0.4 is 19.9 Å². The highest BCUT2D eigenvalue weighted by Crippen LogP contribution is 2.38. The van der Waals surface area contributed by atoms with Crippen LogP contribution in [-0.2, 0) is 6.54 Å². The van der Waals surface area contributed by atoms with Crippen LogP contribution in [0.25, 0.3) is 0 Å². The summed E-state index contributed by atoms with van der Waals surface area (Å²) in [7, 11) is 0. The van der Waals surface area contributed by atoms with Gasteiger partial charge in [0.1, 0.15) is 5.75 Å². The van der Waals surface area contributed by atoms with E-state index in [4.69, 9.17) is 19.9 Å². The SMILES string of the molecule is NCc1cc2c(cc1OCCCC(F)(F)F)OCO2. The molecule has 0 aliphatic carbocycles. The number of hydrogen-bond donors (Lipinski definition) is 1. The third-order valence-corrected chi connectivity index (χ3v) is 2.64. The zero-order valence-corrected chi connectivity index (χ0v) is 10.1. The van der Waals surface area contributed by atoms with E-state index in [0.717, 1.165) is 0 Å². The number of nitrogens with two attached hydrogens (primary N) is 1. The summed E-state index contributed by atoms with van der Waals surface area (Å²) in [5, 5.41) is 0. The maximum absolute atomic E-state index is 12.0. The van der Waals surface area contributed by atoms with E-state index in [1.54, 1.807) is 12.1 Å². The molecule has 0 amide bonds. The quantitative estimate of drug-likeness (QED) is 0.840. The molecule has 1 aliphatic rings. The van der Waals surface area contributed by atoms with Gasteiger partial charge in [-0.3, -0.25) is 0 Å². The smallest absolute Gasteiger partial charge is 0.389 e. The molecule has 4 nitrogen and oxygen atoms in total. The van der Waals surface area contributed by atoms with Gasteiger partial charge in [0.15, 0.2) is 11.5 Å². The highest BCUT2D eigenvalue weighted by atomic mass is 19.4. The van der Waals surface area contributed by atoms with Crippen molar-refractivity contribution in [1.82, 2.24) is 0 Å². The van der Waals surface area contributed by atoms with Gasteiger partial charge in [0.25, 0.3) is 0 Å². The van der Waals surface area contributed by atoms with Crippen LogP contribution in [-0.4, -0.2) is 19.6 Å². The third kappa shape index (κ3) is 3.66. The van der Waals surface area contributed by atoms with Crippen molar-refractivity contribution in [2.24, 2.45) is 5.73 Å². The minimum atomic E-state index is -4.16. The Labute approximate surface area is 108 Å². The monoisotopic (exact) mass is 277 g/mol. The third-order valence-electron chi connectivity index (χ3n) is 2.64. The summed E-state index contributed by atoms with van der Waals surface area (Å²) in [6.45, 7) is 0.314. The molecule has 19 heavy (non-hydrogen) atoms. The highest BCUT2D eigenvalue weighted by Gasteiger charge is 2.26. The van der Waals surface area contributed by atoms with Crippen LogP contribution in [0, 0.1) is 0 Å². The minimum absolute atomic E-state index is 0.0217. The van der Waals surface area contributed by atoms with Gasteiger partial charge in [-0.25, -0.2) is 0 Å². The first kappa shape index (κ1) is 13.8. The second kappa shape index (κ2) is 5.56. The molecule has 7 heteroatoms. The molecule has 1 aromatic rings. The topological polar surface area (TPSA) is 53.7 Å². The van der Waals surface area contributed by atoms with Crippen LogP contribution >= 0.6 is 0 Å². The van der Waals surface area contributed by atoms with Crippen LogP contribution in [0.4, 0.5) is 13.2 Å². The molecule has 1 aliphatic heterocycles. The maximum Gasteiger partial charge on any atom is 0.389 e. The predicted molar refractivity (Wildman–Crippen MR) is 61.2 cm³/mol. The van der Waals surface area contributed by atoms with E-state index >= 15 is 0 Å². The maximum atomic E-state index is 12.0. The summed E-state index contributed by atoms with van der Waals surface area (Å²) in [5.41, 5.74) is 6.24. The molecule has 0 radical (unpaired) electrons. The number of benzene rings is 1. The number of alkyl halides is 3. The molecule has 106 valence electrons. The van der Waals surface area contributed by atoms with Gasteiger partial charge < -0.3 is 19.9 Å². The minimum Gasteiger partial charge on any atom is -0.493 e. The van der Waals surface area contributed by atoms with E-state index in [-0.39, 0.29) is 26.4 Å². The van der Waals surface area contributed by atoms with E-state index < -0.39 is 12.6 Å². The molecular weight excluding hydrogens is 263 g/mol. The lowest BCUT2D eigenvalue weighted by Crippen LogP contribution is -2.10. The van der Waals surface area contributed by atoms with Crippen LogP contribution in [0.1, 0.15) is 18.4 Å². The van der Waals surface area contributed by atoms with Gasteiger partial charge in [0.05, 0.1) is 6.61 Å². The van der Waals surface area contributed by atoms with E-state index in [1.165, 1.54) is 0 Å². The van der Waals surface area contributed by atoms with Gasteiger partial charge in [-0.2, -0.15) is 13.2 Å². The fourth-order valence-electron chi connectivity index (χ4n) is 1.71. The standard InChI is InChI=1S/C12H14F3NO3/c13-12(14,15)2-1-3-17-9-5-11-10(18-7-19-11)4-8(9)6-16/h4-5H,1-3,6-7,16H2. The van der Waals surface area contributed by atoms with Gasteiger partial charge in [-0.05, 0) is 12.5 Å². The summed E-state index contributed by atoms with van der Waals surface area (Å²) in [6, 6.07) is 3.28. The first-order valence-corrected chi connectivity index (χ1v) is 5.82. The van der Waals surface area contributed by atoms with Crippen molar-refractivity contribution in [2.75, 3.05) is 13.4 Å². The number of halogens is 3. The van der Waals surface area contributed by atoms with E-state index in [9.17, 15) is 13.2 Å². The second-order valence-electron chi connectivity index (χ2n) is 4.08. The molecule has 1 heterocycles. The summed E-state index contributed by atoms with van der Waals surface area (Å²) < 4.78 is 51.7. The molecule has 0 bridgehead atoms. The summed E-state index contributed by atoms with van der Waals surface area (Å²) in [5.74, 6) is 1.53. The Kier molecular flexibility index (Phi) is 4.04. The first-order valence-electron chi connectivity index (χ1n) is 5.82. The van der Waals surface area contributed by atoms with Crippen LogP contribution in [0.15, 0.2) is 12.1 Å². The van der Waals surface area contributed by atoms with Crippen LogP contribution in [0.2, 0.25) is 0 Å². The number of ether oxygens (including phenoxy) is 3. The number of hydrogen-bond acceptors (Lipinski definition) is 4. The Morgan fingerprint density at radius 2 is 1.89 bits per heavy atom. The lowest BCUT2D eigenvalue weighted by Gasteiger charge is -2.12. The average molecular weight is 277 g/mol. The molecule has 0 unspecified atom stereocenters. The summed E-state index contributed by atoms with van der Waals surface area (Å²) >= 11 is 0. The Bertz CT molecular complexity index is 449. The second-order valence-corrected chi connectivity index (χ2v) is 4.08. The fraction of sp³-hybridized carbons (Fsp3) is 0.500. The molecule has 0 aromatic heterocycles. The molecular formula is C12H14F3NO3. The fourth-order valence-corrected chi connectivity index (χ4v) is 1.71. The first-order chi connectivity index (χ1) is 8.99. The lowest BCUT2D eigenvalue weighted by atomic mass is 10.1. The molecule has 1 aromatic carbocycles. The molecule has 0 atom stereocenters. The number of fused-ring (bicyclic) bond motifs is 1. The normalized spacial score (nSPS) is 13.7. The molecule has 0 fully saturated rings. The van der Waals surface area contributed by atoms with Crippen LogP contribution in [0.5, 0.6) is 17.2 Å². The molecule has 2 rings (SSSR count). The molecule has 0 spiro atoms. The van der Waals surface area contributed by atoms with Gasteiger partial charge in [0.2, 0.25) is 6.79 Å². The van der Waals surface area contributed by atoms with Crippen molar-refractivity contribution in [3.8, 4) is 17.2 Å². The number of rotatable bonds is 5. The largest absolute Gasteiger partial charge is 0.493 e. The lowest BCUT2D eigenvalue weighted by molar-refractivity contribution is -0.136. The Morgan fingerprint density at radius 1 is 1.21 bits per heavy atom. The van der Waals surface area contributed by atoms with Crippen molar-refractivity contribution in [2.45, 2.75) is 25.6 Å². The Morgan fingerprint density at radius 3 is 2.53 bits per heavy atom. The molecule has 0 saturated carbocycles. The van der Waals surface area contributed by atoms with Gasteiger partial charge >= 0.3 is 6.18 Å². The van der Waals surface area contributed by atoms with E-state index in [2.05, 4.69) is 0 Å². The van der Waals surface area contributed by atoms with Crippen molar-refractivity contribution < 1.29 is 27.4 Å². The Hall–Kier alpha value is -1.63. The van der Waals surface area contributed by atoms with Crippen LogP contribution in [0.3, 0.4) is 0 Å². The molecule has 0 saturated heterocycles. The van der Waals surface area contributed by atoms with Crippen molar-refractivity contribution in [3.63, 3.8) is 0 Å². The Balaban J connectivity index is 1.96. The van der Waals surface area contributed by atoms with E-state index in [0.29, 0.717) is 22.8 Å². The van der Waals surface area contributed by atoms with E-state index in [1.807, 2.05) is 0 Å². The summed E-state index contributed by atoms with van der Waals surface area (Å²) in [4.78, 5) is 0. The average Bonchev–Trinajstić information content (AvgIpc) is 2.79.